The predicted molar refractivity (Wildman–Crippen MR) is 68.5 cm³/mol. The summed E-state index contributed by atoms with van der Waals surface area (Å²) in [5.41, 5.74) is -0.486. The largest absolute Gasteiger partial charge is 0.481 e. The molecule has 1 rings (SSSR count). The number of carboxylic acid groups (broad SMARTS) is 1. The summed E-state index contributed by atoms with van der Waals surface area (Å²) in [6.45, 7) is 1.05. The highest BCUT2D eigenvalue weighted by Gasteiger charge is 2.20. The molecule has 0 aliphatic carbocycles. The highest BCUT2D eigenvalue weighted by molar-refractivity contribution is 7.90. The average Bonchev–Trinajstić information content (AvgIpc) is 2.32. The molecule has 0 saturated heterocycles. The number of aliphatic carboxylic acids is 1. The number of hydrogen-bond acceptors (Lipinski definition) is 3. The van der Waals surface area contributed by atoms with Crippen LogP contribution in [0.4, 0.5) is 14.5 Å². The Bertz CT molecular complexity index is 619. The van der Waals surface area contributed by atoms with Crippen molar-refractivity contribution in [3.63, 3.8) is 0 Å². The summed E-state index contributed by atoms with van der Waals surface area (Å²) in [5.74, 6) is -2.84. The van der Waals surface area contributed by atoms with Gasteiger partial charge in [0, 0.05) is 19.7 Å². The number of benzene rings is 1. The summed E-state index contributed by atoms with van der Waals surface area (Å²) in [4.78, 5) is 10.4. The van der Waals surface area contributed by atoms with Crippen LogP contribution in [0.25, 0.3) is 0 Å². The zero-order valence-corrected chi connectivity index (χ0v) is 11.7. The number of rotatable bonds is 6. The van der Waals surface area contributed by atoms with Gasteiger partial charge < -0.3 is 5.11 Å². The van der Waals surface area contributed by atoms with E-state index in [-0.39, 0.29) is 12.1 Å². The Morgan fingerprint density at radius 3 is 2.50 bits per heavy atom. The molecule has 0 aliphatic heterocycles. The Kier molecular flexibility index (Phi) is 5.01. The summed E-state index contributed by atoms with van der Waals surface area (Å²) >= 11 is 0. The minimum atomic E-state index is -4.15. The van der Waals surface area contributed by atoms with Crippen LogP contribution in [0.15, 0.2) is 12.1 Å². The van der Waals surface area contributed by atoms with Gasteiger partial charge in [-0.2, -0.15) is 12.7 Å². The SMILES string of the molecule is Cc1cc(F)c(NS(=O)(=O)N(C)CCC(=O)O)cc1F. The number of anilines is 1. The first-order valence-electron chi connectivity index (χ1n) is 5.55. The van der Waals surface area contributed by atoms with Crippen LogP contribution in [0.2, 0.25) is 0 Å². The first-order chi connectivity index (χ1) is 9.13. The monoisotopic (exact) mass is 308 g/mol. The topological polar surface area (TPSA) is 86.7 Å². The van der Waals surface area contributed by atoms with Gasteiger partial charge in [-0.15, -0.1) is 0 Å². The second-order valence-corrected chi connectivity index (χ2v) is 5.93. The predicted octanol–water partition coefficient (Wildman–Crippen LogP) is 1.34. The second kappa shape index (κ2) is 6.14. The Hall–Kier alpha value is -1.74. The molecule has 2 N–H and O–H groups in total. The maximum Gasteiger partial charge on any atom is 0.304 e. The Morgan fingerprint density at radius 2 is 1.95 bits per heavy atom. The van der Waals surface area contributed by atoms with E-state index >= 15 is 0 Å². The van der Waals surface area contributed by atoms with Gasteiger partial charge in [-0.05, 0) is 18.6 Å². The quantitative estimate of drug-likeness (QED) is 0.830. The number of nitrogens with one attached hydrogen (secondary N) is 1. The number of aryl methyl sites for hydroxylation is 1. The lowest BCUT2D eigenvalue weighted by atomic mass is 10.2. The molecular formula is C11H14F2N2O4S. The summed E-state index contributed by atoms with van der Waals surface area (Å²) in [6, 6.07) is 1.59. The second-order valence-electron chi connectivity index (χ2n) is 4.15. The minimum Gasteiger partial charge on any atom is -0.481 e. The van der Waals surface area contributed by atoms with Gasteiger partial charge >= 0.3 is 16.2 Å². The molecule has 0 radical (unpaired) electrons. The number of carboxylic acids is 1. The van der Waals surface area contributed by atoms with Crippen LogP contribution in [0, 0.1) is 18.6 Å². The van der Waals surface area contributed by atoms with Crippen molar-refractivity contribution in [2.75, 3.05) is 18.3 Å². The van der Waals surface area contributed by atoms with E-state index in [1.807, 2.05) is 4.72 Å². The van der Waals surface area contributed by atoms with Crippen LogP contribution >= 0.6 is 0 Å². The van der Waals surface area contributed by atoms with E-state index in [0.717, 1.165) is 19.2 Å². The fourth-order valence-electron chi connectivity index (χ4n) is 1.31. The van der Waals surface area contributed by atoms with Crippen LogP contribution in [-0.2, 0) is 15.0 Å². The standard InChI is InChI=1S/C11H14F2N2O4S/c1-7-5-9(13)10(6-8(7)12)14-20(18,19)15(2)4-3-11(16)17/h5-6,14H,3-4H2,1-2H3,(H,16,17). The zero-order valence-electron chi connectivity index (χ0n) is 10.9. The first kappa shape index (κ1) is 16.3. The van der Waals surface area contributed by atoms with E-state index in [4.69, 9.17) is 5.11 Å². The number of halogens is 2. The Morgan fingerprint density at radius 1 is 1.35 bits per heavy atom. The zero-order chi connectivity index (χ0) is 15.5. The van der Waals surface area contributed by atoms with Crippen LogP contribution in [0.1, 0.15) is 12.0 Å². The molecular weight excluding hydrogens is 294 g/mol. The molecule has 0 atom stereocenters. The minimum absolute atomic E-state index is 0.0460. The van der Waals surface area contributed by atoms with Crippen molar-refractivity contribution in [3.8, 4) is 0 Å². The number of nitrogens with zero attached hydrogens (tertiary/aromatic N) is 1. The van der Waals surface area contributed by atoms with Crippen molar-refractivity contribution in [2.24, 2.45) is 0 Å². The van der Waals surface area contributed by atoms with Crippen molar-refractivity contribution < 1.29 is 27.1 Å². The molecule has 0 aliphatic rings. The van der Waals surface area contributed by atoms with E-state index in [9.17, 15) is 22.0 Å². The van der Waals surface area contributed by atoms with E-state index in [1.165, 1.54) is 6.92 Å². The summed E-state index contributed by atoms with van der Waals surface area (Å²) < 4.78 is 53.0. The molecule has 0 fully saturated rings. The van der Waals surface area contributed by atoms with Gasteiger partial charge in [0.05, 0.1) is 12.1 Å². The molecule has 0 heterocycles. The van der Waals surface area contributed by atoms with Crippen molar-refractivity contribution in [1.29, 1.82) is 0 Å². The summed E-state index contributed by atoms with van der Waals surface area (Å²) in [5, 5.41) is 8.48. The van der Waals surface area contributed by atoms with Gasteiger partial charge in [-0.25, -0.2) is 8.78 Å². The number of hydrogen-bond donors (Lipinski definition) is 2. The summed E-state index contributed by atoms with van der Waals surface area (Å²) in [7, 11) is -3.02. The number of carbonyl (C=O) groups is 1. The molecule has 1 aromatic carbocycles. The Labute approximate surface area is 115 Å². The van der Waals surface area contributed by atoms with Gasteiger partial charge in [0.1, 0.15) is 11.6 Å². The maximum atomic E-state index is 13.5. The molecule has 20 heavy (non-hydrogen) atoms. The molecule has 0 unspecified atom stereocenters. The van der Waals surface area contributed by atoms with Crippen molar-refractivity contribution in [2.45, 2.75) is 13.3 Å². The molecule has 0 saturated carbocycles. The molecule has 0 bridgehead atoms. The van der Waals surface area contributed by atoms with Gasteiger partial charge in [0.25, 0.3) is 0 Å². The molecule has 0 amide bonds. The third-order valence-electron chi connectivity index (χ3n) is 2.54. The van der Waals surface area contributed by atoms with E-state index in [2.05, 4.69) is 0 Å². The molecule has 9 heteroatoms. The van der Waals surface area contributed by atoms with Crippen LogP contribution in [-0.4, -0.2) is 37.4 Å². The molecule has 0 spiro atoms. The fourth-order valence-corrected chi connectivity index (χ4v) is 2.24. The smallest absolute Gasteiger partial charge is 0.304 e. The molecule has 1 aromatic rings. The molecule has 112 valence electrons. The van der Waals surface area contributed by atoms with Gasteiger partial charge in [0.2, 0.25) is 0 Å². The molecule has 0 aromatic heterocycles. The lowest BCUT2D eigenvalue weighted by molar-refractivity contribution is -0.137. The van der Waals surface area contributed by atoms with E-state index in [1.54, 1.807) is 0 Å². The first-order valence-corrected chi connectivity index (χ1v) is 6.99. The fraction of sp³-hybridized carbons (Fsp3) is 0.364. The third kappa shape index (κ3) is 4.14. The van der Waals surface area contributed by atoms with Crippen molar-refractivity contribution in [1.82, 2.24) is 4.31 Å². The normalized spacial score (nSPS) is 11.7. The van der Waals surface area contributed by atoms with Gasteiger partial charge in [-0.1, -0.05) is 0 Å². The maximum absolute atomic E-state index is 13.5. The third-order valence-corrected chi connectivity index (χ3v) is 4.02. The van der Waals surface area contributed by atoms with Crippen molar-refractivity contribution in [3.05, 3.63) is 29.3 Å². The van der Waals surface area contributed by atoms with E-state index in [0.29, 0.717) is 4.31 Å². The van der Waals surface area contributed by atoms with Gasteiger partial charge in [-0.3, -0.25) is 9.52 Å². The molecule has 6 nitrogen and oxygen atoms in total. The lowest BCUT2D eigenvalue weighted by Crippen LogP contribution is -2.34. The highest BCUT2D eigenvalue weighted by Crippen LogP contribution is 2.20. The summed E-state index contributed by atoms with van der Waals surface area (Å²) in [6.07, 6.45) is -0.401. The van der Waals surface area contributed by atoms with Crippen molar-refractivity contribution >= 4 is 21.9 Å². The Balaban J connectivity index is 2.91. The lowest BCUT2D eigenvalue weighted by Gasteiger charge is -2.18. The van der Waals surface area contributed by atoms with E-state index < -0.39 is 39.9 Å². The van der Waals surface area contributed by atoms with Crippen LogP contribution < -0.4 is 4.72 Å². The van der Waals surface area contributed by atoms with Crippen LogP contribution in [0.3, 0.4) is 0 Å². The van der Waals surface area contributed by atoms with Gasteiger partial charge in [0.15, 0.2) is 0 Å². The highest BCUT2D eigenvalue weighted by atomic mass is 32.2. The van der Waals surface area contributed by atoms with Crippen LogP contribution in [0.5, 0.6) is 0 Å². The average molecular weight is 308 g/mol.